The van der Waals surface area contributed by atoms with E-state index in [1.54, 1.807) is 6.07 Å². The zero-order valence-corrected chi connectivity index (χ0v) is 19.9. The number of carbonyl (C=O) groups excluding carboxylic acids is 2. The summed E-state index contributed by atoms with van der Waals surface area (Å²) in [6, 6.07) is 11.8. The molecule has 0 saturated heterocycles. The molecule has 2 aliphatic carbocycles. The van der Waals surface area contributed by atoms with E-state index < -0.39 is 17.6 Å². The number of nitrogens with two attached hydrogens (primary N) is 1. The number of nitrogens with zero attached hydrogens (tertiary/aromatic N) is 1. The van der Waals surface area contributed by atoms with Crippen molar-refractivity contribution >= 4 is 28.9 Å². The Labute approximate surface area is 203 Å². The molecule has 1 heterocycles. The van der Waals surface area contributed by atoms with Gasteiger partial charge in [-0.15, -0.1) is 0 Å². The van der Waals surface area contributed by atoms with Crippen LogP contribution in [0.4, 0.5) is 21.5 Å². The lowest BCUT2D eigenvalue weighted by atomic mass is 9.82. The van der Waals surface area contributed by atoms with Gasteiger partial charge >= 0.3 is 0 Å². The summed E-state index contributed by atoms with van der Waals surface area (Å²) in [6.07, 6.45) is 4.10. The first-order valence-corrected chi connectivity index (χ1v) is 12.1. The van der Waals surface area contributed by atoms with Crippen molar-refractivity contribution in [2.75, 3.05) is 16.4 Å². The number of nitrogen functional groups attached to an aromatic ring is 1. The fraction of sp³-hybridized carbons (Fsp3) is 0.370. The number of para-hydroxylation sites is 1. The van der Waals surface area contributed by atoms with Crippen molar-refractivity contribution in [3.63, 3.8) is 0 Å². The maximum atomic E-state index is 13.9. The topological polar surface area (TPSA) is 113 Å². The van der Waals surface area contributed by atoms with Crippen LogP contribution in [-0.4, -0.2) is 22.0 Å². The number of amides is 2. The lowest BCUT2D eigenvalue weighted by Crippen LogP contribution is -2.41. The highest BCUT2D eigenvalue weighted by Crippen LogP contribution is 2.53. The molecule has 1 unspecified atom stereocenters. The van der Waals surface area contributed by atoms with Gasteiger partial charge in [-0.2, -0.15) is 5.10 Å². The maximum Gasteiger partial charge on any atom is 0.237 e. The quantitative estimate of drug-likeness (QED) is 0.270. The van der Waals surface area contributed by atoms with Crippen LogP contribution in [0.1, 0.15) is 37.1 Å². The van der Waals surface area contributed by atoms with Crippen LogP contribution in [0.3, 0.4) is 0 Å². The van der Waals surface area contributed by atoms with Crippen molar-refractivity contribution in [2.24, 2.45) is 23.7 Å². The highest BCUT2D eigenvalue weighted by molar-refractivity contribution is 6.11. The van der Waals surface area contributed by atoms with E-state index in [0.717, 1.165) is 48.2 Å². The fourth-order valence-electron chi connectivity index (χ4n) is 5.13. The Hall–Kier alpha value is -3.68. The molecule has 182 valence electrons. The predicted molar refractivity (Wildman–Crippen MR) is 134 cm³/mol. The predicted octanol–water partition coefficient (Wildman–Crippen LogP) is 5.04. The second-order valence-corrected chi connectivity index (χ2v) is 9.80. The summed E-state index contributed by atoms with van der Waals surface area (Å²) in [6.45, 7) is 3.91. The Balaban J connectivity index is 1.38. The number of hydrogen-bond acceptors (Lipinski definition) is 4. The Bertz CT molecular complexity index is 1230. The zero-order valence-electron chi connectivity index (χ0n) is 19.9. The number of anilines is 3. The number of carbonyl (C=O) groups is 2. The molecule has 3 aromatic rings. The van der Waals surface area contributed by atoms with E-state index in [1.807, 2.05) is 38.1 Å². The van der Waals surface area contributed by atoms with Crippen molar-refractivity contribution in [1.29, 1.82) is 0 Å². The third-order valence-electron chi connectivity index (χ3n) is 7.16. The molecule has 2 saturated carbocycles. The van der Waals surface area contributed by atoms with Gasteiger partial charge in [0.05, 0.1) is 17.1 Å². The van der Waals surface area contributed by atoms with Gasteiger partial charge in [0.1, 0.15) is 11.7 Å². The minimum Gasteiger partial charge on any atom is -0.395 e. The smallest absolute Gasteiger partial charge is 0.237 e. The average molecular weight is 476 g/mol. The zero-order chi connectivity index (χ0) is 24.7. The second kappa shape index (κ2) is 9.17. The molecule has 5 N–H and O–H groups in total. The molecule has 0 bridgehead atoms. The fourth-order valence-corrected chi connectivity index (χ4v) is 5.13. The summed E-state index contributed by atoms with van der Waals surface area (Å²) in [5.74, 6) is -1.56. The molecule has 0 spiro atoms. The van der Waals surface area contributed by atoms with Gasteiger partial charge in [-0.1, -0.05) is 18.2 Å². The highest BCUT2D eigenvalue weighted by atomic mass is 19.1. The van der Waals surface area contributed by atoms with Gasteiger partial charge in [-0.05, 0) is 87.1 Å². The Morgan fingerprint density at radius 2 is 1.63 bits per heavy atom. The number of aromatic amines is 1. The summed E-state index contributed by atoms with van der Waals surface area (Å²) in [5, 5.41) is 12.9. The van der Waals surface area contributed by atoms with Gasteiger partial charge in [0.25, 0.3) is 0 Å². The van der Waals surface area contributed by atoms with E-state index in [0.29, 0.717) is 17.5 Å². The normalized spacial score (nSPS) is 16.2. The summed E-state index contributed by atoms with van der Waals surface area (Å²) in [4.78, 5) is 27.0. The van der Waals surface area contributed by atoms with E-state index in [1.165, 1.54) is 12.1 Å². The van der Waals surface area contributed by atoms with Crippen LogP contribution >= 0.6 is 0 Å². The van der Waals surface area contributed by atoms with Crippen LogP contribution in [0.2, 0.25) is 0 Å². The number of hydrogen-bond donors (Lipinski definition) is 4. The first-order chi connectivity index (χ1) is 16.8. The van der Waals surface area contributed by atoms with Crippen LogP contribution in [0.15, 0.2) is 42.5 Å². The average Bonchev–Trinajstić information content (AvgIpc) is 3.75. The standard InChI is InChI=1S/C27H30FN5O2/c1-14-22(15(2)33-32-14)16-10-12-19(13-11-16)30-26(34)24(23(17-6-7-17)18-8-9-18)27(35)31-21-5-3-4-20(28)25(21)29/h3-5,10-13,17-18,23-24H,6-9,29H2,1-2H3,(H,30,34)(H,31,35)(H,32,33). The monoisotopic (exact) mass is 475 g/mol. The minimum absolute atomic E-state index is 0.0275. The van der Waals surface area contributed by atoms with Gasteiger partial charge in [-0.25, -0.2) is 4.39 Å². The van der Waals surface area contributed by atoms with Crippen LogP contribution in [-0.2, 0) is 9.59 Å². The number of halogens is 1. The largest absolute Gasteiger partial charge is 0.395 e. The molecule has 0 radical (unpaired) electrons. The number of aryl methyl sites for hydroxylation is 2. The summed E-state index contributed by atoms with van der Waals surface area (Å²) < 4.78 is 13.9. The van der Waals surface area contributed by atoms with E-state index in [-0.39, 0.29) is 23.2 Å². The molecule has 1 atom stereocenters. The van der Waals surface area contributed by atoms with Gasteiger partial charge in [0.2, 0.25) is 11.8 Å². The minimum atomic E-state index is -0.879. The summed E-state index contributed by atoms with van der Waals surface area (Å²) in [7, 11) is 0. The Morgan fingerprint density at radius 1 is 1.00 bits per heavy atom. The molecule has 2 amide bonds. The molecular weight excluding hydrogens is 445 g/mol. The van der Waals surface area contributed by atoms with Crippen LogP contribution in [0.5, 0.6) is 0 Å². The molecular formula is C27H30FN5O2. The molecule has 0 aliphatic heterocycles. The number of aromatic nitrogens is 2. The van der Waals surface area contributed by atoms with Gasteiger partial charge in [0.15, 0.2) is 0 Å². The molecule has 2 fully saturated rings. The summed E-state index contributed by atoms with van der Waals surface area (Å²) >= 11 is 0. The Kier molecular flexibility index (Phi) is 6.05. The number of nitrogens with one attached hydrogen (secondary N) is 3. The van der Waals surface area contributed by atoms with Crippen LogP contribution in [0, 0.1) is 43.3 Å². The Morgan fingerprint density at radius 3 is 2.20 bits per heavy atom. The first kappa shape index (κ1) is 23.1. The third-order valence-corrected chi connectivity index (χ3v) is 7.16. The number of benzene rings is 2. The van der Waals surface area contributed by atoms with E-state index in [4.69, 9.17) is 5.73 Å². The molecule has 5 rings (SSSR count). The van der Waals surface area contributed by atoms with Crippen molar-refractivity contribution in [2.45, 2.75) is 39.5 Å². The van der Waals surface area contributed by atoms with Crippen LogP contribution in [0.25, 0.3) is 11.1 Å². The lowest BCUT2D eigenvalue weighted by molar-refractivity contribution is -0.132. The molecule has 2 aromatic carbocycles. The SMILES string of the molecule is Cc1n[nH]c(C)c1-c1ccc(NC(=O)C(C(=O)Nc2cccc(F)c2N)C(C2CC2)C2CC2)cc1. The number of H-pyrrole nitrogens is 1. The van der Waals surface area contributed by atoms with Crippen molar-refractivity contribution in [1.82, 2.24) is 10.2 Å². The summed E-state index contributed by atoms with van der Waals surface area (Å²) in [5.41, 5.74) is 10.4. The van der Waals surface area contributed by atoms with E-state index >= 15 is 0 Å². The van der Waals surface area contributed by atoms with Crippen molar-refractivity contribution in [3.8, 4) is 11.1 Å². The third kappa shape index (κ3) is 4.78. The molecule has 35 heavy (non-hydrogen) atoms. The first-order valence-electron chi connectivity index (χ1n) is 12.1. The van der Waals surface area contributed by atoms with Gasteiger partial charge in [0, 0.05) is 16.9 Å². The van der Waals surface area contributed by atoms with Crippen molar-refractivity contribution in [3.05, 3.63) is 59.7 Å². The second-order valence-electron chi connectivity index (χ2n) is 9.80. The van der Waals surface area contributed by atoms with Crippen molar-refractivity contribution < 1.29 is 14.0 Å². The molecule has 8 heteroatoms. The molecule has 1 aromatic heterocycles. The highest BCUT2D eigenvalue weighted by Gasteiger charge is 2.50. The molecule has 7 nitrogen and oxygen atoms in total. The maximum absolute atomic E-state index is 13.9. The lowest BCUT2D eigenvalue weighted by Gasteiger charge is -2.26. The number of rotatable bonds is 8. The van der Waals surface area contributed by atoms with Gasteiger partial charge in [-0.3, -0.25) is 14.7 Å². The van der Waals surface area contributed by atoms with Gasteiger partial charge < -0.3 is 16.4 Å². The van der Waals surface area contributed by atoms with E-state index in [9.17, 15) is 14.0 Å². The van der Waals surface area contributed by atoms with E-state index in [2.05, 4.69) is 20.8 Å². The molecule has 2 aliphatic rings. The van der Waals surface area contributed by atoms with Crippen LogP contribution < -0.4 is 16.4 Å².